The second kappa shape index (κ2) is 6.82. The largest absolute Gasteiger partial charge is 0.347 e. The van der Waals surface area contributed by atoms with Gasteiger partial charge in [-0.25, -0.2) is 9.97 Å². The Kier molecular flexibility index (Phi) is 5.05. The molecule has 1 aliphatic rings. The van der Waals surface area contributed by atoms with Gasteiger partial charge in [-0.2, -0.15) is 0 Å². The van der Waals surface area contributed by atoms with Gasteiger partial charge in [-0.05, 0) is 31.6 Å². The quantitative estimate of drug-likeness (QED) is 0.502. The molecule has 0 spiro atoms. The molecule has 1 fully saturated rings. The third-order valence-corrected chi connectivity index (χ3v) is 3.83. The van der Waals surface area contributed by atoms with Gasteiger partial charge in [0.1, 0.15) is 5.57 Å². The molecule has 2 rings (SSSR count). The topological polar surface area (TPSA) is 78.4 Å². The zero-order chi connectivity index (χ0) is 17.1. The second-order valence-corrected chi connectivity index (χ2v) is 5.85. The summed E-state index contributed by atoms with van der Waals surface area (Å²) < 4.78 is 0. The number of carbonyl (C=O) groups is 2. The van der Waals surface area contributed by atoms with E-state index in [1.54, 1.807) is 17.3 Å². The number of anilines is 1. The van der Waals surface area contributed by atoms with Crippen LogP contribution >= 0.6 is 12.2 Å². The fourth-order valence-electron chi connectivity index (χ4n) is 2.06. The summed E-state index contributed by atoms with van der Waals surface area (Å²) >= 11 is 5.10. The lowest BCUT2D eigenvalue weighted by Crippen LogP contribution is -2.56. The molecule has 122 valence electrons. The maximum Gasteiger partial charge on any atom is 0.265 e. The first-order valence-electron chi connectivity index (χ1n) is 7.25. The lowest BCUT2D eigenvalue weighted by molar-refractivity contribution is -0.130. The molecule has 23 heavy (non-hydrogen) atoms. The van der Waals surface area contributed by atoms with Crippen molar-refractivity contribution in [3.05, 3.63) is 23.5 Å². The van der Waals surface area contributed by atoms with E-state index < -0.39 is 11.8 Å². The summed E-state index contributed by atoms with van der Waals surface area (Å²) in [6, 6.07) is -0.0913. The van der Waals surface area contributed by atoms with Crippen molar-refractivity contribution in [2.24, 2.45) is 0 Å². The molecule has 0 saturated carbocycles. The van der Waals surface area contributed by atoms with Crippen LogP contribution in [0.4, 0.5) is 5.95 Å². The van der Waals surface area contributed by atoms with Gasteiger partial charge in [0.25, 0.3) is 11.8 Å². The predicted octanol–water partition coefficient (Wildman–Crippen LogP) is 0.968. The molecule has 1 aromatic heterocycles. The highest BCUT2D eigenvalue weighted by Gasteiger charge is 2.35. The monoisotopic (exact) mass is 333 g/mol. The Labute approximate surface area is 140 Å². The number of carbonyl (C=O) groups excluding carboxylic acids is 2. The smallest absolute Gasteiger partial charge is 0.265 e. The Morgan fingerprint density at radius 3 is 2.48 bits per heavy atom. The number of nitrogens with one attached hydrogen (secondary N) is 1. The van der Waals surface area contributed by atoms with Crippen LogP contribution in [0.1, 0.15) is 25.8 Å². The van der Waals surface area contributed by atoms with Crippen LogP contribution in [0.3, 0.4) is 0 Å². The fraction of sp³-hybridized carbons (Fsp3) is 0.400. The van der Waals surface area contributed by atoms with Crippen LogP contribution < -0.4 is 10.2 Å². The first-order valence-corrected chi connectivity index (χ1v) is 7.66. The molecule has 1 aliphatic heterocycles. The molecular weight excluding hydrogens is 314 g/mol. The van der Waals surface area contributed by atoms with Crippen molar-refractivity contribution in [1.82, 2.24) is 20.2 Å². The Balaban J connectivity index is 2.34. The number of hydrogen-bond acceptors (Lipinski definition) is 6. The summed E-state index contributed by atoms with van der Waals surface area (Å²) in [5, 5.41) is 2.70. The van der Waals surface area contributed by atoms with Crippen LogP contribution in [0.2, 0.25) is 0 Å². The van der Waals surface area contributed by atoms with Gasteiger partial charge >= 0.3 is 0 Å². The van der Waals surface area contributed by atoms with E-state index in [0.717, 1.165) is 6.42 Å². The van der Waals surface area contributed by atoms with E-state index in [-0.39, 0.29) is 16.7 Å². The number of nitrogens with zero attached hydrogens (tertiary/aromatic N) is 4. The van der Waals surface area contributed by atoms with Crippen molar-refractivity contribution >= 4 is 41.2 Å². The van der Waals surface area contributed by atoms with Gasteiger partial charge in [0.05, 0.1) is 0 Å². The maximum absolute atomic E-state index is 12.6. The Morgan fingerprint density at radius 1 is 1.35 bits per heavy atom. The fourth-order valence-corrected chi connectivity index (χ4v) is 2.41. The highest BCUT2D eigenvalue weighted by atomic mass is 32.1. The van der Waals surface area contributed by atoms with E-state index >= 15 is 0 Å². The molecule has 0 aliphatic carbocycles. The van der Waals surface area contributed by atoms with Crippen LogP contribution in [0.25, 0.3) is 6.08 Å². The van der Waals surface area contributed by atoms with Gasteiger partial charge in [-0.3, -0.25) is 19.8 Å². The highest BCUT2D eigenvalue weighted by molar-refractivity contribution is 7.80. The third kappa shape index (κ3) is 3.53. The van der Waals surface area contributed by atoms with Crippen molar-refractivity contribution in [2.45, 2.75) is 26.3 Å². The van der Waals surface area contributed by atoms with Gasteiger partial charge in [-0.15, -0.1) is 0 Å². The number of amides is 2. The molecule has 0 aromatic carbocycles. The molecule has 0 bridgehead atoms. The summed E-state index contributed by atoms with van der Waals surface area (Å²) in [5.74, 6) is -0.352. The predicted molar refractivity (Wildman–Crippen MR) is 91.7 cm³/mol. The van der Waals surface area contributed by atoms with Crippen molar-refractivity contribution in [3.63, 3.8) is 0 Å². The third-order valence-electron chi connectivity index (χ3n) is 3.53. The Morgan fingerprint density at radius 2 is 1.96 bits per heavy atom. The van der Waals surface area contributed by atoms with E-state index in [2.05, 4.69) is 15.3 Å². The van der Waals surface area contributed by atoms with Gasteiger partial charge in [0, 0.05) is 38.1 Å². The average molecular weight is 333 g/mol. The summed E-state index contributed by atoms with van der Waals surface area (Å²) in [7, 11) is 3.66. The number of rotatable bonds is 4. The Hall–Kier alpha value is -2.35. The normalized spacial score (nSPS) is 18.2. The molecule has 1 aromatic rings. The van der Waals surface area contributed by atoms with Gasteiger partial charge in [0.2, 0.25) is 5.95 Å². The minimum absolute atomic E-state index is 0.0279. The van der Waals surface area contributed by atoms with Gasteiger partial charge < -0.3 is 4.90 Å². The maximum atomic E-state index is 12.6. The number of aromatic nitrogens is 2. The molecule has 0 unspecified atom stereocenters. The summed E-state index contributed by atoms with van der Waals surface area (Å²) in [6.07, 6.45) is 5.34. The second-order valence-electron chi connectivity index (χ2n) is 5.46. The van der Waals surface area contributed by atoms with Gasteiger partial charge in [-0.1, -0.05) is 6.92 Å². The molecule has 8 heteroatoms. The summed E-state index contributed by atoms with van der Waals surface area (Å²) in [4.78, 5) is 36.2. The molecular formula is C15H19N5O2S. The average Bonchev–Trinajstić information content (AvgIpc) is 2.51. The standard InChI is InChI=1S/C15H19N5O2S/c1-5-9(2)20-13(22)11(12(21)18-15(20)23)6-10-7-16-14(17-8-10)19(3)4/h6-9H,5H2,1-4H3,(H,18,21,23)/b11-6-/t9-/m0/s1. The number of thiocarbonyl (C=S) groups is 1. The van der Waals surface area contributed by atoms with Crippen molar-refractivity contribution in [2.75, 3.05) is 19.0 Å². The van der Waals surface area contributed by atoms with Crippen molar-refractivity contribution in [1.29, 1.82) is 0 Å². The summed E-state index contributed by atoms with van der Waals surface area (Å²) in [5.41, 5.74) is 0.603. The zero-order valence-corrected chi connectivity index (χ0v) is 14.3. The van der Waals surface area contributed by atoms with E-state index in [1.807, 2.05) is 27.9 Å². The SMILES string of the molecule is CC[C@H](C)N1C(=O)/C(=C\c2cnc(N(C)C)nc2)C(=O)NC1=S. The lowest BCUT2D eigenvalue weighted by atomic mass is 10.1. The first kappa shape index (κ1) is 17.0. The molecule has 2 amide bonds. The van der Waals surface area contributed by atoms with E-state index in [1.165, 1.54) is 11.0 Å². The molecule has 7 nitrogen and oxygen atoms in total. The van der Waals surface area contributed by atoms with Crippen molar-refractivity contribution < 1.29 is 9.59 Å². The Bertz CT molecular complexity index is 669. The van der Waals surface area contributed by atoms with Crippen LogP contribution in [-0.4, -0.2) is 51.9 Å². The van der Waals surface area contributed by atoms with Crippen LogP contribution in [0, 0.1) is 0 Å². The molecule has 0 radical (unpaired) electrons. The van der Waals surface area contributed by atoms with Crippen LogP contribution in [0.5, 0.6) is 0 Å². The zero-order valence-electron chi connectivity index (χ0n) is 13.5. The first-order chi connectivity index (χ1) is 10.8. The molecule has 1 saturated heterocycles. The summed E-state index contributed by atoms with van der Waals surface area (Å²) in [6.45, 7) is 3.84. The van der Waals surface area contributed by atoms with E-state index in [9.17, 15) is 9.59 Å². The number of hydrogen-bond donors (Lipinski definition) is 1. The minimum atomic E-state index is -0.503. The minimum Gasteiger partial charge on any atom is -0.347 e. The lowest BCUT2D eigenvalue weighted by Gasteiger charge is -2.33. The van der Waals surface area contributed by atoms with Crippen LogP contribution in [-0.2, 0) is 9.59 Å². The van der Waals surface area contributed by atoms with Gasteiger partial charge in [0.15, 0.2) is 5.11 Å². The van der Waals surface area contributed by atoms with Crippen molar-refractivity contribution in [3.8, 4) is 0 Å². The molecule has 1 atom stereocenters. The van der Waals surface area contributed by atoms with Crippen LogP contribution in [0.15, 0.2) is 18.0 Å². The van der Waals surface area contributed by atoms with E-state index in [4.69, 9.17) is 12.2 Å². The highest BCUT2D eigenvalue weighted by Crippen LogP contribution is 2.17. The van der Waals surface area contributed by atoms with E-state index in [0.29, 0.717) is 11.5 Å². The molecule has 1 N–H and O–H groups in total. The molecule has 2 heterocycles.